The molecule has 0 amide bonds. The number of likely N-dealkylation sites (N-methyl/N-ethyl adjacent to an activating group) is 1. The van der Waals surface area contributed by atoms with Gasteiger partial charge in [-0.2, -0.15) is 0 Å². The summed E-state index contributed by atoms with van der Waals surface area (Å²) in [5.74, 6) is 0. The zero-order valence-corrected chi connectivity index (χ0v) is 14.9. The van der Waals surface area contributed by atoms with Gasteiger partial charge in [-0.3, -0.25) is 4.90 Å². The highest BCUT2D eigenvalue weighted by Gasteiger charge is 2.45. The number of aliphatic hydroxyl groups excluding tert-OH is 2. The van der Waals surface area contributed by atoms with Gasteiger partial charge in [0, 0.05) is 32.3 Å². The average Bonchev–Trinajstić information content (AvgIpc) is 2.97. The lowest BCUT2D eigenvalue weighted by Crippen LogP contribution is -2.50. The van der Waals surface area contributed by atoms with Crippen LogP contribution < -0.4 is 5.32 Å². The molecule has 0 spiro atoms. The van der Waals surface area contributed by atoms with E-state index in [0.717, 1.165) is 32.6 Å². The Morgan fingerprint density at radius 3 is 2.56 bits per heavy atom. The highest BCUT2D eigenvalue weighted by atomic mass is 16.5. The number of benzene rings is 1. The summed E-state index contributed by atoms with van der Waals surface area (Å²) in [7, 11) is 2.01. The van der Waals surface area contributed by atoms with E-state index in [1.165, 1.54) is 5.56 Å². The van der Waals surface area contributed by atoms with Crippen molar-refractivity contribution in [1.82, 2.24) is 10.2 Å². The first kappa shape index (κ1) is 18.8. The molecule has 0 aromatic heterocycles. The normalized spacial score (nSPS) is 30.9. The van der Waals surface area contributed by atoms with Gasteiger partial charge in [0.1, 0.15) is 12.2 Å². The van der Waals surface area contributed by atoms with Crippen LogP contribution in [0.15, 0.2) is 30.3 Å². The van der Waals surface area contributed by atoms with Crippen molar-refractivity contribution in [3.05, 3.63) is 35.9 Å². The molecular weight excluding hydrogens is 320 g/mol. The predicted octanol–water partition coefficient (Wildman–Crippen LogP) is 0.376. The van der Waals surface area contributed by atoms with Crippen LogP contribution in [0.2, 0.25) is 0 Å². The Hall–Kier alpha value is -1.02. The van der Waals surface area contributed by atoms with Crippen LogP contribution in [0.5, 0.6) is 0 Å². The summed E-state index contributed by atoms with van der Waals surface area (Å²) in [5.41, 5.74) is 1.20. The Kier molecular flexibility index (Phi) is 6.81. The summed E-state index contributed by atoms with van der Waals surface area (Å²) in [4.78, 5) is 2.13. The van der Waals surface area contributed by atoms with Gasteiger partial charge in [-0.25, -0.2) is 0 Å². The second kappa shape index (κ2) is 9.07. The summed E-state index contributed by atoms with van der Waals surface area (Å²) in [5, 5.41) is 23.7. The first-order chi connectivity index (χ1) is 12.2. The number of hydrogen-bond acceptors (Lipinski definition) is 6. The van der Waals surface area contributed by atoms with Gasteiger partial charge in [0.05, 0.1) is 18.8 Å². The Balaban J connectivity index is 1.62. The lowest BCUT2D eigenvalue weighted by molar-refractivity contribution is -0.0229. The average molecular weight is 350 g/mol. The van der Waals surface area contributed by atoms with E-state index in [4.69, 9.17) is 9.47 Å². The van der Waals surface area contributed by atoms with Gasteiger partial charge < -0.3 is 25.0 Å². The first-order valence-electron chi connectivity index (χ1n) is 9.18. The van der Waals surface area contributed by atoms with Crippen LogP contribution in [0.25, 0.3) is 0 Å². The Morgan fingerprint density at radius 2 is 1.88 bits per heavy atom. The van der Waals surface area contributed by atoms with E-state index >= 15 is 0 Å². The zero-order valence-electron chi connectivity index (χ0n) is 14.9. The molecule has 4 atom stereocenters. The molecule has 2 saturated heterocycles. The van der Waals surface area contributed by atoms with Gasteiger partial charge in [0.2, 0.25) is 0 Å². The van der Waals surface area contributed by atoms with Crippen molar-refractivity contribution in [3.8, 4) is 0 Å². The molecule has 1 aromatic carbocycles. The number of ether oxygens (including phenoxy) is 2. The Bertz CT molecular complexity index is 509. The molecule has 140 valence electrons. The fourth-order valence-electron chi connectivity index (χ4n) is 3.85. The SMILES string of the molecule is CN(Cc1ccccc1)C1C(CNC2CCOCC2)OC(CO)C1O. The number of hydrogen-bond donors (Lipinski definition) is 3. The molecule has 1 aromatic rings. The van der Waals surface area contributed by atoms with Crippen LogP contribution in [0.1, 0.15) is 18.4 Å². The van der Waals surface area contributed by atoms with Crippen molar-refractivity contribution in [2.24, 2.45) is 0 Å². The molecule has 0 bridgehead atoms. The van der Waals surface area contributed by atoms with Crippen LogP contribution in [-0.4, -0.2) is 78.9 Å². The maximum atomic E-state index is 10.6. The van der Waals surface area contributed by atoms with Crippen molar-refractivity contribution < 1.29 is 19.7 Å². The molecule has 6 nitrogen and oxygen atoms in total. The number of nitrogens with one attached hydrogen (secondary N) is 1. The summed E-state index contributed by atoms with van der Waals surface area (Å²) in [6.45, 7) is 2.83. The smallest absolute Gasteiger partial charge is 0.109 e. The minimum Gasteiger partial charge on any atom is -0.394 e. The summed E-state index contributed by atoms with van der Waals surface area (Å²) in [6, 6.07) is 10.5. The van der Waals surface area contributed by atoms with Gasteiger partial charge >= 0.3 is 0 Å². The molecule has 25 heavy (non-hydrogen) atoms. The first-order valence-corrected chi connectivity index (χ1v) is 9.18. The molecule has 2 fully saturated rings. The largest absolute Gasteiger partial charge is 0.394 e. The fraction of sp³-hybridized carbons (Fsp3) is 0.684. The van der Waals surface area contributed by atoms with E-state index in [9.17, 15) is 10.2 Å². The second-order valence-corrected chi connectivity index (χ2v) is 7.07. The molecule has 0 saturated carbocycles. The molecule has 3 rings (SSSR count). The molecule has 0 aliphatic carbocycles. The standard InChI is InChI=1S/C19H30N2O4/c1-21(12-14-5-3-2-4-6-14)18-16(25-17(13-22)19(18)23)11-20-15-7-9-24-10-8-15/h2-6,15-20,22-23H,7-13H2,1H3. The lowest BCUT2D eigenvalue weighted by atomic mass is 10.0. The molecule has 2 aliphatic heterocycles. The van der Waals surface area contributed by atoms with Crippen LogP contribution in [0.3, 0.4) is 0 Å². The summed E-state index contributed by atoms with van der Waals surface area (Å²) in [6.07, 6.45) is 0.639. The Morgan fingerprint density at radius 1 is 1.16 bits per heavy atom. The van der Waals surface area contributed by atoms with Crippen LogP contribution in [-0.2, 0) is 16.0 Å². The molecule has 4 unspecified atom stereocenters. The van der Waals surface area contributed by atoms with Crippen molar-refractivity contribution in [1.29, 1.82) is 0 Å². The van der Waals surface area contributed by atoms with Gasteiger partial charge in [-0.1, -0.05) is 30.3 Å². The predicted molar refractivity (Wildman–Crippen MR) is 95.3 cm³/mol. The third kappa shape index (κ3) is 4.78. The van der Waals surface area contributed by atoms with Gasteiger partial charge in [-0.15, -0.1) is 0 Å². The third-order valence-corrected chi connectivity index (χ3v) is 5.25. The van der Waals surface area contributed by atoms with E-state index in [1.54, 1.807) is 0 Å². The van der Waals surface area contributed by atoms with E-state index in [-0.39, 0.29) is 18.8 Å². The van der Waals surface area contributed by atoms with Crippen LogP contribution >= 0.6 is 0 Å². The van der Waals surface area contributed by atoms with Gasteiger partial charge in [0.25, 0.3) is 0 Å². The summed E-state index contributed by atoms with van der Waals surface area (Å²) < 4.78 is 11.3. The van der Waals surface area contributed by atoms with Crippen molar-refractivity contribution >= 4 is 0 Å². The molecular formula is C19H30N2O4. The zero-order chi connectivity index (χ0) is 17.6. The van der Waals surface area contributed by atoms with Crippen molar-refractivity contribution in [2.45, 2.75) is 49.8 Å². The molecule has 6 heteroatoms. The molecule has 3 N–H and O–H groups in total. The fourth-order valence-corrected chi connectivity index (χ4v) is 3.85. The van der Waals surface area contributed by atoms with E-state index in [0.29, 0.717) is 12.6 Å². The van der Waals surface area contributed by atoms with Gasteiger partial charge in [0.15, 0.2) is 0 Å². The monoisotopic (exact) mass is 350 g/mol. The Labute approximate surface area is 149 Å². The minimum atomic E-state index is -0.694. The van der Waals surface area contributed by atoms with Crippen molar-refractivity contribution in [2.75, 3.05) is 33.4 Å². The quantitative estimate of drug-likeness (QED) is 0.660. The third-order valence-electron chi connectivity index (χ3n) is 5.25. The van der Waals surface area contributed by atoms with Crippen LogP contribution in [0, 0.1) is 0 Å². The van der Waals surface area contributed by atoms with Crippen molar-refractivity contribution in [3.63, 3.8) is 0 Å². The molecule has 2 aliphatic rings. The summed E-state index contributed by atoms with van der Waals surface area (Å²) >= 11 is 0. The van der Waals surface area contributed by atoms with E-state index < -0.39 is 12.2 Å². The number of rotatable bonds is 7. The maximum absolute atomic E-state index is 10.6. The van der Waals surface area contributed by atoms with Gasteiger partial charge in [-0.05, 0) is 25.5 Å². The highest BCUT2D eigenvalue weighted by molar-refractivity contribution is 5.15. The molecule has 0 radical (unpaired) electrons. The molecule has 2 heterocycles. The van der Waals surface area contributed by atoms with Crippen LogP contribution in [0.4, 0.5) is 0 Å². The van der Waals surface area contributed by atoms with E-state index in [2.05, 4.69) is 22.3 Å². The number of aliphatic hydroxyl groups is 2. The van der Waals surface area contributed by atoms with E-state index in [1.807, 2.05) is 25.2 Å². The highest BCUT2D eigenvalue weighted by Crippen LogP contribution is 2.26. The number of nitrogens with zero attached hydrogens (tertiary/aromatic N) is 1. The minimum absolute atomic E-state index is 0.148. The maximum Gasteiger partial charge on any atom is 0.109 e. The second-order valence-electron chi connectivity index (χ2n) is 7.07. The lowest BCUT2D eigenvalue weighted by Gasteiger charge is -2.32. The topological polar surface area (TPSA) is 74.2 Å².